The summed E-state index contributed by atoms with van der Waals surface area (Å²) >= 11 is 5.98. The van der Waals surface area contributed by atoms with Gasteiger partial charge in [0.1, 0.15) is 5.60 Å². The normalized spacial score (nSPS) is 13.7. The van der Waals surface area contributed by atoms with Crippen molar-refractivity contribution in [3.8, 4) is 0 Å². The van der Waals surface area contributed by atoms with Gasteiger partial charge in [-0.1, -0.05) is 23.7 Å². The summed E-state index contributed by atoms with van der Waals surface area (Å²) in [6.07, 6.45) is 1.04. The summed E-state index contributed by atoms with van der Waals surface area (Å²) in [4.78, 5) is 12.3. The number of sulfonamides is 1. The highest BCUT2D eigenvalue weighted by atomic mass is 35.5. The lowest BCUT2D eigenvalue weighted by atomic mass is 10.1. The smallest absolute Gasteiger partial charge is 0.340 e. The molecule has 1 unspecified atom stereocenters. The van der Waals surface area contributed by atoms with E-state index in [4.69, 9.17) is 16.3 Å². The molecule has 0 saturated heterocycles. The molecule has 0 aliphatic carbocycles. The van der Waals surface area contributed by atoms with E-state index in [1.807, 2.05) is 0 Å². The van der Waals surface area contributed by atoms with Crippen LogP contribution in [-0.2, 0) is 24.6 Å². The number of carbonyl (C=O) groups excluding carboxylic acids is 1. The first-order valence-electron chi connectivity index (χ1n) is 8.95. The zero-order valence-electron chi connectivity index (χ0n) is 17.3. The van der Waals surface area contributed by atoms with Crippen LogP contribution in [0.5, 0.6) is 0 Å². The lowest BCUT2D eigenvalue weighted by Gasteiger charge is -2.20. The Morgan fingerprint density at radius 3 is 2.10 bits per heavy atom. The molecule has 10 heteroatoms. The number of sulfone groups is 1. The predicted octanol–water partition coefficient (Wildman–Crippen LogP) is 3.74. The van der Waals surface area contributed by atoms with E-state index in [2.05, 4.69) is 4.72 Å². The minimum Gasteiger partial charge on any atom is -0.456 e. The summed E-state index contributed by atoms with van der Waals surface area (Å²) in [5.74, 6) is -0.800. The van der Waals surface area contributed by atoms with Crippen LogP contribution in [0.2, 0.25) is 5.02 Å². The van der Waals surface area contributed by atoms with Crippen molar-refractivity contribution in [1.29, 1.82) is 0 Å². The zero-order valence-corrected chi connectivity index (χ0v) is 19.7. The number of nitrogens with one attached hydrogen (secondary N) is 1. The maximum Gasteiger partial charge on any atom is 0.340 e. The Hall–Kier alpha value is -1.94. The quantitative estimate of drug-likeness (QED) is 0.640. The van der Waals surface area contributed by atoms with Crippen LogP contribution in [0.15, 0.2) is 52.3 Å². The van der Waals surface area contributed by atoms with Gasteiger partial charge in [-0.25, -0.2) is 26.4 Å². The van der Waals surface area contributed by atoms with Crippen LogP contribution in [-0.4, -0.2) is 34.7 Å². The number of benzene rings is 2. The summed E-state index contributed by atoms with van der Waals surface area (Å²) < 4.78 is 56.9. The zero-order chi connectivity index (χ0) is 22.9. The van der Waals surface area contributed by atoms with Gasteiger partial charge in [0, 0.05) is 11.1 Å². The monoisotopic (exact) mass is 473 g/mol. The fourth-order valence-electron chi connectivity index (χ4n) is 2.68. The van der Waals surface area contributed by atoms with Crippen LogP contribution >= 0.6 is 11.6 Å². The molecule has 0 aliphatic heterocycles. The molecule has 30 heavy (non-hydrogen) atoms. The average molecular weight is 474 g/mol. The molecule has 0 fully saturated rings. The van der Waals surface area contributed by atoms with Gasteiger partial charge in [-0.3, -0.25) is 0 Å². The average Bonchev–Trinajstić information content (AvgIpc) is 2.58. The van der Waals surface area contributed by atoms with Gasteiger partial charge in [-0.15, -0.1) is 0 Å². The number of esters is 1. The fraction of sp³-hybridized carbons (Fsp3) is 0.350. The highest BCUT2D eigenvalue weighted by Crippen LogP contribution is 2.29. The molecule has 1 atom stereocenters. The van der Waals surface area contributed by atoms with E-state index in [9.17, 15) is 21.6 Å². The number of carbonyl (C=O) groups is 1. The van der Waals surface area contributed by atoms with Crippen LogP contribution in [0.25, 0.3) is 0 Å². The van der Waals surface area contributed by atoms with Crippen molar-refractivity contribution in [3.05, 3.63) is 58.6 Å². The first-order valence-corrected chi connectivity index (χ1v) is 12.7. The van der Waals surface area contributed by atoms with E-state index in [-0.39, 0.29) is 20.4 Å². The van der Waals surface area contributed by atoms with Gasteiger partial charge < -0.3 is 4.74 Å². The summed E-state index contributed by atoms with van der Waals surface area (Å²) in [5.41, 5.74) is -0.387. The molecule has 0 amide bonds. The summed E-state index contributed by atoms with van der Waals surface area (Å²) in [6, 6.07) is 9.11. The second kappa shape index (κ2) is 8.66. The van der Waals surface area contributed by atoms with Crippen molar-refractivity contribution < 1.29 is 26.4 Å². The van der Waals surface area contributed by atoms with E-state index in [1.165, 1.54) is 42.5 Å². The SMILES string of the molecule is CC(NS(C)(=O)=O)c1ccc(S(=O)(=O)c2ccc(Cl)cc2C(=O)OC(C)(C)C)cc1. The van der Waals surface area contributed by atoms with Crippen molar-refractivity contribution >= 4 is 37.4 Å². The summed E-state index contributed by atoms with van der Waals surface area (Å²) in [6.45, 7) is 6.67. The Labute approximate surface area is 182 Å². The fourth-order valence-corrected chi connectivity index (χ4v) is 5.06. The molecule has 2 aromatic rings. The molecule has 2 rings (SSSR count). The van der Waals surface area contributed by atoms with E-state index < -0.39 is 37.5 Å². The van der Waals surface area contributed by atoms with E-state index in [0.29, 0.717) is 5.56 Å². The Morgan fingerprint density at radius 2 is 1.60 bits per heavy atom. The molecule has 0 aliphatic rings. The molecule has 2 aromatic carbocycles. The topological polar surface area (TPSA) is 107 Å². The van der Waals surface area contributed by atoms with E-state index >= 15 is 0 Å². The molecule has 0 heterocycles. The maximum absolute atomic E-state index is 13.2. The molecule has 0 bridgehead atoms. The minimum absolute atomic E-state index is 0.0510. The molecular weight excluding hydrogens is 450 g/mol. The molecular formula is C20H24ClNO6S2. The van der Waals surface area contributed by atoms with Crippen LogP contribution < -0.4 is 4.72 Å². The van der Waals surface area contributed by atoms with Crippen LogP contribution in [0.4, 0.5) is 0 Å². The highest BCUT2D eigenvalue weighted by Gasteiger charge is 2.28. The molecule has 0 saturated carbocycles. The van der Waals surface area contributed by atoms with Gasteiger partial charge in [-0.05, 0) is 63.6 Å². The lowest BCUT2D eigenvalue weighted by molar-refractivity contribution is 0.00651. The first-order chi connectivity index (χ1) is 13.6. The summed E-state index contributed by atoms with van der Waals surface area (Å²) in [5, 5.41) is 0.200. The van der Waals surface area contributed by atoms with Gasteiger partial charge in [0.05, 0.1) is 21.6 Å². The van der Waals surface area contributed by atoms with Gasteiger partial charge in [-0.2, -0.15) is 0 Å². The van der Waals surface area contributed by atoms with Crippen LogP contribution in [0, 0.1) is 0 Å². The Balaban J connectivity index is 2.46. The number of hydrogen-bond acceptors (Lipinski definition) is 6. The third-order valence-electron chi connectivity index (χ3n) is 3.93. The Kier molecular flexibility index (Phi) is 7.03. The molecule has 0 radical (unpaired) electrons. The van der Waals surface area contributed by atoms with E-state index in [0.717, 1.165) is 6.26 Å². The summed E-state index contributed by atoms with van der Waals surface area (Å²) in [7, 11) is -7.48. The number of halogens is 1. The molecule has 0 aromatic heterocycles. The van der Waals surface area contributed by atoms with Crippen LogP contribution in [0.1, 0.15) is 49.7 Å². The molecule has 1 N–H and O–H groups in total. The number of rotatable bonds is 6. The molecule has 7 nitrogen and oxygen atoms in total. The maximum atomic E-state index is 13.2. The Morgan fingerprint density at radius 1 is 1.03 bits per heavy atom. The largest absolute Gasteiger partial charge is 0.456 e. The first kappa shape index (κ1) is 24.3. The lowest BCUT2D eigenvalue weighted by Crippen LogP contribution is -2.25. The Bertz CT molecular complexity index is 1150. The van der Waals surface area contributed by atoms with Gasteiger partial charge >= 0.3 is 5.97 Å². The predicted molar refractivity (Wildman–Crippen MR) is 115 cm³/mol. The van der Waals surface area contributed by atoms with Gasteiger partial charge in [0.15, 0.2) is 0 Å². The second-order valence-electron chi connectivity index (χ2n) is 7.83. The molecule has 0 spiro atoms. The van der Waals surface area contributed by atoms with Gasteiger partial charge in [0.2, 0.25) is 19.9 Å². The highest BCUT2D eigenvalue weighted by molar-refractivity contribution is 7.91. The number of ether oxygens (including phenoxy) is 1. The van der Waals surface area contributed by atoms with Crippen molar-refractivity contribution in [2.24, 2.45) is 0 Å². The second-order valence-corrected chi connectivity index (χ2v) is 12.0. The third kappa shape index (κ3) is 6.28. The number of hydrogen-bond donors (Lipinski definition) is 1. The van der Waals surface area contributed by atoms with Crippen molar-refractivity contribution in [2.75, 3.05) is 6.26 Å². The van der Waals surface area contributed by atoms with Crippen molar-refractivity contribution in [3.63, 3.8) is 0 Å². The van der Waals surface area contributed by atoms with Crippen molar-refractivity contribution in [1.82, 2.24) is 4.72 Å². The van der Waals surface area contributed by atoms with E-state index in [1.54, 1.807) is 27.7 Å². The minimum atomic E-state index is -4.06. The molecule has 164 valence electrons. The third-order valence-corrected chi connectivity index (χ3v) is 6.78. The van der Waals surface area contributed by atoms with Crippen molar-refractivity contribution in [2.45, 2.75) is 49.1 Å². The van der Waals surface area contributed by atoms with Crippen LogP contribution in [0.3, 0.4) is 0 Å². The standard InChI is InChI=1S/C20H24ClNO6S2/c1-13(22-29(5,24)25)14-6-9-16(10-7-14)30(26,27)18-11-8-15(21)12-17(18)19(23)28-20(2,3)4/h6-13,22H,1-5H3. The van der Waals surface area contributed by atoms with Gasteiger partial charge in [0.25, 0.3) is 0 Å².